The van der Waals surface area contributed by atoms with Gasteiger partial charge in [-0.15, -0.1) is 0 Å². The van der Waals surface area contributed by atoms with E-state index in [1.165, 1.54) is 238 Å². The van der Waals surface area contributed by atoms with Gasteiger partial charge < -0.3 is 40.3 Å². The van der Waals surface area contributed by atoms with E-state index in [4.69, 9.17) is 9.47 Å². The Bertz CT molecular complexity index is 1000. The van der Waals surface area contributed by atoms with Crippen molar-refractivity contribution in [1.29, 1.82) is 0 Å². The van der Waals surface area contributed by atoms with Gasteiger partial charge in [-0.05, 0) is 12.8 Å². The normalized spacial score (nSPS) is 19.7. The molecule has 0 aromatic heterocycles. The van der Waals surface area contributed by atoms with Crippen LogP contribution in [0.2, 0.25) is 0 Å². The predicted molar refractivity (Wildman–Crippen MR) is 277 cm³/mol. The Balaban J connectivity index is 2.19. The van der Waals surface area contributed by atoms with Gasteiger partial charge in [0, 0.05) is 6.42 Å². The van der Waals surface area contributed by atoms with Crippen molar-refractivity contribution in [2.75, 3.05) is 13.2 Å². The third-order valence-electron chi connectivity index (χ3n) is 14.5. The van der Waals surface area contributed by atoms with E-state index in [0.29, 0.717) is 12.8 Å². The van der Waals surface area contributed by atoms with E-state index in [2.05, 4.69) is 19.2 Å². The zero-order valence-electron chi connectivity index (χ0n) is 43.7. The van der Waals surface area contributed by atoms with Crippen LogP contribution in [0.25, 0.3) is 0 Å². The van der Waals surface area contributed by atoms with E-state index >= 15 is 0 Å². The summed E-state index contributed by atoms with van der Waals surface area (Å²) >= 11 is 0. The maximum atomic E-state index is 13.1. The lowest BCUT2D eigenvalue weighted by molar-refractivity contribution is -0.302. The molecule has 9 nitrogen and oxygen atoms in total. The van der Waals surface area contributed by atoms with Gasteiger partial charge in [-0.1, -0.05) is 284 Å². The number of carbonyl (C=O) groups excluding carboxylic acids is 1. The molecule has 0 aromatic rings. The van der Waals surface area contributed by atoms with Gasteiger partial charge in [0.2, 0.25) is 5.91 Å². The zero-order chi connectivity index (χ0) is 48.0. The molecule has 0 spiro atoms. The molecule has 394 valence electrons. The maximum Gasteiger partial charge on any atom is 0.220 e. The van der Waals surface area contributed by atoms with E-state index < -0.39 is 49.5 Å². The second-order valence-electron chi connectivity index (χ2n) is 20.8. The molecule has 1 aliphatic heterocycles. The molecule has 7 atom stereocenters. The van der Waals surface area contributed by atoms with Crippen molar-refractivity contribution in [2.24, 2.45) is 0 Å². The standard InChI is InChI=1S/C57H113NO8/c1-3-5-7-9-11-13-15-17-19-21-23-25-27-28-30-32-34-36-38-40-42-44-46-51(60)50(49-65-57-56(64)55(63)54(62)52(48-59)66-57)58-53(61)47-45-43-41-39-37-35-33-31-29-26-24-22-20-18-16-14-12-10-8-6-4-2/h50-52,54-57,59-60,62-64H,3-49H2,1-2H3,(H,58,61). The van der Waals surface area contributed by atoms with Crippen LogP contribution in [0.15, 0.2) is 0 Å². The number of hydrogen-bond donors (Lipinski definition) is 6. The molecule has 1 rings (SSSR count). The van der Waals surface area contributed by atoms with Gasteiger partial charge in [-0.25, -0.2) is 0 Å². The third kappa shape index (κ3) is 37.1. The fraction of sp³-hybridized carbons (Fsp3) is 0.982. The maximum absolute atomic E-state index is 13.1. The molecular weight excluding hydrogens is 827 g/mol. The van der Waals surface area contributed by atoms with Crippen molar-refractivity contribution in [3.63, 3.8) is 0 Å². The molecular formula is C57H113NO8. The van der Waals surface area contributed by atoms with Gasteiger partial charge in [0.15, 0.2) is 6.29 Å². The smallest absolute Gasteiger partial charge is 0.220 e. The average Bonchev–Trinajstić information content (AvgIpc) is 3.32. The van der Waals surface area contributed by atoms with Gasteiger partial charge >= 0.3 is 0 Å². The number of carbonyl (C=O) groups is 1. The van der Waals surface area contributed by atoms with E-state index in [-0.39, 0.29) is 12.5 Å². The van der Waals surface area contributed by atoms with Gasteiger partial charge in [-0.2, -0.15) is 0 Å². The van der Waals surface area contributed by atoms with Crippen LogP contribution in [0.4, 0.5) is 0 Å². The molecule has 1 heterocycles. The van der Waals surface area contributed by atoms with Crippen LogP contribution >= 0.6 is 0 Å². The van der Waals surface area contributed by atoms with Crippen LogP contribution in [0.5, 0.6) is 0 Å². The first kappa shape index (κ1) is 63.2. The van der Waals surface area contributed by atoms with Gasteiger partial charge in [-0.3, -0.25) is 4.79 Å². The quantitative estimate of drug-likeness (QED) is 0.0330. The summed E-state index contributed by atoms with van der Waals surface area (Å²) in [5.74, 6) is -0.136. The van der Waals surface area contributed by atoms with Crippen molar-refractivity contribution in [3.05, 3.63) is 0 Å². The summed E-state index contributed by atoms with van der Waals surface area (Å²) in [7, 11) is 0. The summed E-state index contributed by atoms with van der Waals surface area (Å²) in [6, 6.07) is -0.713. The van der Waals surface area contributed by atoms with Crippen LogP contribution in [0, 0.1) is 0 Å². The summed E-state index contributed by atoms with van der Waals surface area (Å²) < 4.78 is 11.3. The molecule has 6 N–H and O–H groups in total. The van der Waals surface area contributed by atoms with Crippen LogP contribution in [-0.4, -0.2) is 87.5 Å². The Morgan fingerprint density at radius 2 is 0.758 bits per heavy atom. The van der Waals surface area contributed by atoms with E-state index in [1.54, 1.807) is 0 Å². The Labute approximate surface area is 408 Å². The van der Waals surface area contributed by atoms with Crippen molar-refractivity contribution >= 4 is 5.91 Å². The molecule has 7 unspecified atom stereocenters. The number of rotatable bonds is 51. The fourth-order valence-corrected chi connectivity index (χ4v) is 9.81. The first-order chi connectivity index (χ1) is 32.3. The van der Waals surface area contributed by atoms with Crippen LogP contribution in [0.3, 0.4) is 0 Å². The van der Waals surface area contributed by atoms with Gasteiger partial charge in [0.25, 0.3) is 0 Å². The number of ether oxygens (including phenoxy) is 2. The number of amides is 1. The van der Waals surface area contributed by atoms with E-state index in [9.17, 15) is 30.3 Å². The number of hydrogen-bond acceptors (Lipinski definition) is 8. The summed E-state index contributed by atoms with van der Waals surface area (Å²) in [6.07, 6.45) is 49.9. The summed E-state index contributed by atoms with van der Waals surface area (Å²) in [4.78, 5) is 13.1. The largest absolute Gasteiger partial charge is 0.394 e. The van der Waals surface area contributed by atoms with Crippen molar-refractivity contribution in [3.8, 4) is 0 Å². The second kappa shape index (κ2) is 47.8. The zero-order valence-corrected chi connectivity index (χ0v) is 43.7. The molecule has 0 saturated carbocycles. The molecule has 0 radical (unpaired) electrons. The van der Waals surface area contributed by atoms with Crippen LogP contribution in [0.1, 0.15) is 303 Å². The molecule has 66 heavy (non-hydrogen) atoms. The van der Waals surface area contributed by atoms with Gasteiger partial charge in [0.05, 0.1) is 25.4 Å². The molecule has 9 heteroatoms. The molecule has 1 fully saturated rings. The molecule has 0 aliphatic carbocycles. The highest BCUT2D eigenvalue weighted by atomic mass is 16.7. The van der Waals surface area contributed by atoms with Crippen LogP contribution in [-0.2, 0) is 14.3 Å². The lowest BCUT2D eigenvalue weighted by Gasteiger charge is -2.40. The monoisotopic (exact) mass is 940 g/mol. The highest BCUT2D eigenvalue weighted by Gasteiger charge is 2.44. The molecule has 0 aromatic carbocycles. The summed E-state index contributed by atoms with van der Waals surface area (Å²) in [5.41, 5.74) is 0. The molecule has 1 aliphatic rings. The topological polar surface area (TPSA) is 149 Å². The van der Waals surface area contributed by atoms with Crippen molar-refractivity contribution in [2.45, 2.75) is 346 Å². The lowest BCUT2D eigenvalue weighted by atomic mass is 9.99. The molecule has 0 bridgehead atoms. The van der Waals surface area contributed by atoms with Crippen molar-refractivity contribution < 1.29 is 39.8 Å². The molecule has 1 amide bonds. The average molecular weight is 941 g/mol. The minimum Gasteiger partial charge on any atom is -0.394 e. The minimum atomic E-state index is -1.55. The first-order valence-corrected chi connectivity index (χ1v) is 29.2. The number of aliphatic hydroxyl groups excluding tert-OH is 5. The Morgan fingerprint density at radius 1 is 0.455 bits per heavy atom. The highest BCUT2D eigenvalue weighted by Crippen LogP contribution is 2.23. The fourth-order valence-electron chi connectivity index (χ4n) is 9.81. The Morgan fingerprint density at radius 3 is 1.08 bits per heavy atom. The predicted octanol–water partition coefficient (Wildman–Crippen LogP) is 14.2. The van der Waals surface area contributed by atoms with Crippen molar-refractivity contribution in [1.82, 2.24) is 5.32 Å². The second-order valence-corrected chi connectivity index (χ2v) is 20.8. The molecule has 1 saturated heterocycles. The number of aliphatic hydroxyl groups is 5. The Kier molecular flexibility index (Phi) is 45.8. The Hall–Kier alpha value is -0.810. The first-order valence-electron chi connectivity index (χ1n) is 29.2. The van der Waals surface area contributed by atoms with E-state index in [1.807, 2.05) is 0 Å². The SMILES string of the molecule is CCCCCCCCCCCCCCCCCCCCCCCCC(O)C(COC1OC(CO)C(O)C(O)C1O)NC(=O)CCCCCCCCCCCCCCCCCCCCCCC. The lowest BCUT2D eigenvalue weighted by Crippen LogP contribution is -2.60. The summed E-state index contributed by atoms with van der Waals surface area (Å²) in [6.45, 7) is 3.89. The third-order valence-corrected chi connectivity index (χ3v) is 14.5. The number of nitrogens with one attached hydrogen (secondary N) is 1. The minimum absolute atomic E-state index is 0.131. The summed E-state index contributed by atoms with van der Waals surface area (Å²) in [5, 5.41) is 54.7. The van der Waals surface area contributed by atoms with E-state index in [0.717, 1.165) is 38.5 Å². The van der Waals surface area contributed by atoms with Gasteiger partial charge in [0.1, 0.15) is 24.4 Å². The number of unbranched alkanes of at least 4 members (excludes halogenated alkanes) is 41. The van der Waals surface area contributed by atoms with Crippen LogP contribution < -0.4 is 5.32 Å². The highest BCUT2D eigenvalue weighted by molar-refractivity contribution is 5.76.